The largest absolute Gasteiger partial charge is 0.372 e. The molecule has 2 rings (SSSR count). The van der Waals surface area contributed by atoms with Gasteiger partial charge in [-0.25, -0.2) is 13.6 Å². The molecule has 2 N–H and O–H groups in total. The normalized spacial score (nSPS) is 32.1. The molecule has 2 bridgehead atoms. The number of fused-ring (bicyclic) bond motifs is 2. The Morgan fingerprint density at radius 1 is 1.27 bits per heavy atom. The number of primary sulfonamides is 1. The number of nitrogens with two attached hydrogens (primary N) is 1. The highest BCUT2D eigenvalue weighted by Crippen LogP contribution is 2.26. The third-order valence-electron chi connectivity index (χ3n) is 3.02. The molecule has 88 valence electrons. The minimum atomic E-state index is -3.29. The smallest absolute Gasteiger partial charge is 0.209 e. The number of sulfonamides is 1. The molecule has 2 atom stereocenters. The lowest BCUT2D eigenvalue weighted by Crippen LogP contribution is -2.43. The predicted octanol–water partition coefficient (Wildman–Crippen LogP) is -0.472. The Morgan fingerprint density at radius 3 is 2.40 bits per heavy atom. The van der Waals surface area contributed by atoms with Crippen LogP contribution in [-0.2, 0) is 14.8 Å². The maximum atomic E-state index is 10.7. The van der Waals surface area contributed by atoms with Crippen molar-refractivity contribution in [3.63, 3.8) is 0 Å². The summed E-state index contributed by atoms with van der Waals surface area (Å²) in [6, 6.07) is 0. The second-order valence-corrected chi connectivity index (χ2v) is 6.17. The Balaban J connectivity index is 1.72. The molecule has 2 unspecified atom stereocenters. The molecule has 0 amide bonds. The number of nitrogens with zero attached hydrogens (tertiary/aromatic N) is 1. The molecular weight excluding hydrogens is 216 g/mol. The highest BCUT2D eigenvalue weighted by molar-refractivity contribution is 7.89. The van der Waals surface area contributed by atoms with Crippen LogP contribution >= 0.6 is 0 Å². The highest BCUT2D eigenvalue weighted by Gasteiger charge is 2.33. The van der Waals surface area contributed by atoms with Crippen molar-refractivity contribution in [1.82, 2.24) is 4.90 Å². The third-order valence-corrected chi connectivity index (χ3v) is 3.88. The van der Waals surface area contributed by atoms with Crippen LogP contribution in [0.1, 0.15) is 19.3 Å². The lowest BCUT2D eigenvalue weighted by molar-refractivity contribution is -0.0379. The van der Waals surface area contributed by atoms with Crippen LogP contribution in [0.2, 0.25) is 0 Å². The van der Waals surface area contributed by atoms with Crippen molar-refractivity contribution in [3.05, 3.63) is 0 Å². The van der Waals surface area contributed by atoms with Gasteiger partial charge in [-0.3, -0.25) is 4.90 Å². The summed E-state index contributed by atoms with van der Waals surface area (Å²) in [5, 5.41) is 4.95. The first-order valence-electron chi connectivity index (χ1n) is 5.41. The summed E-state index contributed by atoms with van der Waals surface area (Å²) in [5.74, 6) is 0.0830. The van der Waals surface area contributed by atoms with Gasteiger partial charge < -0.3 is 4.74 Å². The Labute approximate surface area is 90.6 Å². The third kappa shape index (κ3) is 3.41. The van der Waals surface area contributed by atoms with Crippen LogP contribution in [0.4, 0.5) is 0 Å². The molecule has 0 aromatic heterocycles. The summed E-state index contributed by atoms with van der Waals surface area (Å²) in [4.78, 5) is 2.29. The molecule has 15 heavy (non-hydrogen) atoms. The molecule has 6 heteroatoms. The maximum absolute atomic E-state index is 10.7. The van der Waals surface area contributed by atoms with E-state index in [0.717, 1.165) is 32.5 Å². The minimum absolute atomic E-state index is 0.0830. The molecule has 2 aliphatic rings. The van der Waals surface area contributed by atoms with E-state index in [9.17, 15) is 8.42 Å². The van der Waals surface area contributed by atoms with Gasteiger partial charge in [-0.2, -0.15) is 0 Å². The molecule has 0 spiro atoms. The first-order valence-corrected chi connectivity index (χ1v) is 7.13. The zero-order valence-corrected chi connectivity index (χ0v) is 9.58. The fourth-order valence-corrected chi connectivity index (χ4v) is 2.90. The predicted molar refractivity (Wildman–Crippen MR) is 56.9 cm³/mol. The second-order valence-electron chi connectivity index (χ2n) is 4.44. The van der Waals surface area contributed by atoms with Crippen molar-refractivity contribution in [2.45, 2.75) is 31.5 Å². The van der Waals surface area contributed by atoms with Gasteiger partial charge in [0, 0.05) is 13.1 Å². The van der Waals surface area contributed by atoms with Gasteiger partial charge in [-0.05, 0) is 25.8 Å². The van der Waals surface area contributed by atoms with Crippen LogP contribution in [0.3, 0.4) is 0 Å². The zero-order chi connectivity index (χ0) is 10.9. The van der Waals surface area contributed by atoms with Gasteiger partial charge >= 0.3 is 0 Å². The summed E-state index contributed by atoms with van der Waals surface area (Å²) in [7, 11) is -3.29. The van der Waals surface area contributed by atoms with Crippen molar-refractivity contribution < 1.29 is 13.2 Å². The van der Waals surface area contributed by atoms with Crippen molar-refractivity contribution in [2.75, 3.05) is 25.4 Å². The molecule has 2 aliphatic heterocycles. The fraction of sp³-hybridized carbons (Fsp3) is 1.00. The molecule has 0 radical (unpaired) electrons. The van der Waals surface area contributed by atoms with Gasteiger partial charge in [0.05, 0.1) is 18.0 Å². The van der Waals surface area contributed by atoms with Crippen molar-refractivity contribution in [2.24, 2.45) is 5.14 Å². The molecule has 2 fully saturated rings. The van der Waals surface area contributed by atoms with Gasteiger partial charge in [-0.1, -0.05) is 0 Å². The second kappa shape index (κ2) is 4.37. The number of rotatable bonds is 4. The zero-order valence-electron chi connectivity index (χ0n) is 8.76. The van der Waals surface area contributed by atoms with Crippen LogP contribution in [0.5, 0.6) is 0 Å². The lowest BCUT2D eigenvalue weighted by Gasteiger charge is -2.31. The van der Waals surface area contributed by atoms with Gasteiger partial charge in [0.1, 0.15) is 0 Å². The van der Waals surface area contributed by atoms with E-state index in [4.69, 9.17) is 9.88 Å². The number of morpholine rings is 1. The molecule has 0 aliphatic carbocycles. The average molecular weight is 234 g/mol. The van der Waals surface area contributed by atoms with Crippen LogP contribution in [0.25, 0.3) is 0 Å². The Hall–Kier alpha value is -0.170. The average Bonchev–Trinajstić information content (AvgIpc) is 2.43. The summed E-state index contributed by atoms with van der Waals surface area (Å²) in [6.07, 6.45) is 3.67. The van der Waals surface area contributed by atoms with Crippen LogP contribution < -0.4 is 5.14 Å². The quantitative estimate of drug-likeness (QED) is 0.713. The van der Waals surface area contributed by atoms with Crippen molar-refractivity contribution in [3.8, 4) is 0 Å². The van der Waals surface area contributed by atoms with E-state index >= 15 is 0 Å². The van der Waals surface area contributed by atoms with E-state index in [2.05, 4.69) is 4.90 Å². The summed E-state index contributed by atoms with van der Waals surface area (Å²) >= 11 is 0. The summed E-state index contributed by atoms with van der Waals surface area (Å²) in [6.45, 7) is 2.70. The maximum Gasteiger partial charge on any atom is 0.209 e. The van der Waals surface area contributed by atoms with Gasteiger partial charge in [0.2, 0.25) is 10.0 Å². The minimum Gasteiger partial charge on any atom is -0.372 e. The van der Waals surface area contributed by atoms with Gasteiger partial charge in [-0.15, -0.1) is 0 Å². The Kier molecular flexibility index (Phi) is 3.30. The fourth-order valence-electron chi connectivity index (χ4n) is 2.37. The van der Waals surface area contributed by atoms with E-state index in [1.54, 1.807) is 0 Å². The standard InChI is InChI=1S/C9H18N2O3S/c10-15(12,13)5-1-4-11-6-8-2-3-9(7-11)14-8/h8-9H,1-7H2,(H2,10,12,13). The van der Waals surface area contributed by atoms with E-state index in [1.807, 2.05) is 0 Å². The molecule has 5 nitrogen and oxygen atoms in total. The first-order chi connectivity index (χ1) is 7.03. The highest BCUT2D eigenvalue weighted by atomic mass is 32.2. The molecule has 0 saturated carbocycles. The molecule has 0 aromatic rings. The van der Waals surface area contributed by atoms with E-state index < -0.39 is 10.0 Å². The SMILES string of the molecule is NS(=O)(=O)CCCN1CC2CCC(C1)O2. The number of hydrogen-bond acceptors (Lipinski definition) is 4. The monoisotopic (exact) mass is 234 g/mol. The Morgan fingerprint density at radius 2 is 1.87 bits per heavy atom. The van der Waals surface area contributed by atoms with Crippen molar-refractivity contribution >= 4 is 10.0 Å². The number of ether oxygens (including phenoxy) is 1. The number of likely N-dealkylation sites (tertiary alicyclic amines) is 1. The molecule has 2 saturated heterocycles. The Bertz CT molecular complexity index is 305. The van der Waals surface area contributed by atoms with Gasteiger partial charge in [0.15, 0.2) is 0 Å². The van der Waals surface area contributed by atoms with Crippen LogP contribution in [0, 0.1) is 0 Å². The topological polar surface area (TPSA) is 72.6 Å². The molecule has 0 aromatic carbocycles. The van der Waals surface area contributed by atoms with Gasteiger partial charge in [0.25, 0.3) is 0 Å². The lowest BCUT2D eigenvalue weighted by atomic mass is 10.2. The van der Waals surface area contributed by atoms with Crippen LogP contribution in [-0.4, -0.2) is 50.9 Å². The van der Waals surface area contributed by atoms with Crippen molar-refractivity contribution in [1.29, 1.82) is 0 Å². The number of hydrogen-bond donors (Lipinski definition) is 1. The van der Waals surface area contributed by atoms with E-state index in [1.165, 1.54) is 0 Å². The van der Waals surface area contributed by atoms with Crippen LogP contribution in [0.15, 0.2) is 0 Å². The molecule has 2 heterocycles. The van der Waals surface area contributed by atoms with E-state index in [-0.39, 0.29) is 5.75 Å². The summed E-state index contributed by atoms with van der Waals surface area (Å²) in [5.41, 5.74) is 0. The summed E-state index contributed by atoms with van der Waals surface area (Å²) < 4.78 is 27.2. The molecular formula is C9H18N2O3S. The first kappa shape index (κ1) is 11.3. The van der Waals surface area contributed by atoms with E-state index in [0.29, 0.717) is 18.6 Å².